The predicted octanol–water partition coefficient (Wildman–Crippen LogP) is 4.20. The number of oxime groups is 1. The number of allylic oxidation sites excluding steroid dienone is 3. The first-order valence-electron chi connectivity index (χ1n) is 13.1. The van der Waals surface area contributed by atoms with Crippen LogP contribution in [0.3, 0.4) is 0 Å². The van der Waals surface area contributed by atoms with Crippen molar-refractivity contribution in [2.24, 2.45) is 10.9 Å². The van der Waals surface area contributed by atoms with Crippen LogP contribution in [0, 0.1) is 11.3 Å². The molecular weight excluding hydrogens is 567 g/mol. The van der Waals surface area contributed by atoms with Gasteiger partial charge in [0, 0.05) is 25.8 Å². The summed E-state index contributed by atoms with van der Waals surface area (Å²) in [7, 11) is 0. The van der Waals surface area contributed by atoms with Crippen LogP contribution in [-0.4, -0.2) is 52.6 Å². The van der Waals surface area contributed by atoms with E-state index in [1.807, 2.05) is 48.5 Å². The highest BCUT2D eigenvalue weighted by molar-refractivity contribution is 6.02. The molecule has 13 heteroatoms. The third-order valence-electron chi connectivity index (χ3n) is 6.52. The third-order valence-corrected chi connectivity index (χ3v) is 6.52. The zero-order valence-corrected chi connectivity index (χ0v) is 23.5. The lowest BCUT2D eigenvalue weighted by Crippen LogP contribution is -2.47. The summed E-state index contributed by atoms with van der Waals surface area (Å²) in [6, 6.07) is 16.8. The number of carboxylic acids is 1. The van der Waals surface area contributed by atoms with Gasteiger partial charge in [0.25, 0.3) is 0 Å². The number of aliphatic carboxylic acids is 1. The summed E-state index contributed by atoms with van der Waals surface area (Å²) in [6.07, 6.45) is -1.69. The summed E-state index contributed by atoms with van der Waals surface area (Å²) >= 11 is 0. The molecule has 0 aromatic heterocycles. The molecule has 1 aliphatic carbocycles. The minimum absolute atomic E-state index is 0.216. The van der Waals surface area contributed by atoms with Crippen LogP contribution in [0.2, 0.25) is 0 Å². The molecule has 0 fully saturated rings. The van der Waals surface area contributed by atoms with Crippen molar-refractivity contribution in [2.75, 3.05) is 6.54 Å². The molecule has 0 bridgehead atoms. The molecule has 0 aliphatic heterocycles. The summed E-state index contributed by atoms with van der Waals surface area (Å²) in [4.78, 5) is 34.0. The first-order chi connectivity index (χ1) is 20.3. The molecule has 0 heterocycles. The van der Waals surface area contributed by atoms with Crippen LogP contribution in [0.4, 0.5) is 13.2 Å². The molecule has 228 valence electrons. The van der Waals surface area contributed by atoms with Gasteiger partial charge in [-0.05, 0) is 47.2 Å². The van der Waals surface area contributed by atoms with E-state index < -0.39 is 18.2 Å². The van der Waals surface area contributed by atoms with E-state index in [1.165, 1.54) is 0 Å². The standard InChI is InChI=1S/C28H31N5O3.C2HF3O2/c1-3-26(34)32-25(16-21-12-13-24(33-36)27(30)18(21)2)28(35)31-15-14-19-8-10-20(11-9-19)23-7-5-4-6-22(23)17-29;3-2(4,5)1(6)7/h4-12,25,36H,3,13-16,30H2,1-2H3,(H,31,35)(H,32,34);(H,6,7)/t25-;/m0./s1. The number of nitrogens with zero attached hydrogens (tertiary/aromatic N) is 2. The Balaban J connectivity index is 0.000000821. The average Bonchev–Trinajstić information content (AvgIpc) is 2.99. The smallest absolute Gasteiger partial charge is 0.475 e. The number of halogens is 3. The molecule has 6 N–H and O–H groups in total. The lowest BCUT2D eigenvalue weighted by Gasteiger charge is -2.23. The average molecular weight is 600 g/mol. The molecule has 1 atom stereocenters. The fraction of sp³-hybridized carbons (Fsp3) is 0.300. The number of alkyl halides is 3. The largest absolute Gasteiger partial charge is 0.490 e. The lowest BCUT2D eigenvalue weighted by atomic mass is 9.90. The molecule has 0 radical (unpaired) electrons. The van der Waals surface area contributed by atoms with Crippen molar-refractivity contribution < 1.29 is 37.9 Å². The quantitative estimate of drug-likeness (QED) is 0.212. The topological polar surface area (TPSA) is 178 Å². The van der Waals surface area contributed by atoms with Crippen LogP contribution in [0.25, 0.3) is 11.1 Å². The van der Waals surface area contributed by atoms with E-state index in [4.69, 9.17) is 20.8 Å². The van der Waals surface area contributed by atoms with Gasteiger partial charge in [0.1, 0.15) is 11.8 Å². The first-order valence-corrected chi connectivity index (χ1v) is 13.1. The molecule has 43 heavy (non-hydrogen) atoms. The summed E-state index contributed by atoms with van der Waals surface area (Å²) in [6.45, 7) is 3.94. The number of rotatable bonds is 9. The second-order valence-corrected chi connectivity index (χ2v) is 9.39. The van der Waals surface area contributed by atoms with E-state index in [0.29, 0.717) is 36.4 Å². The van der Waals surface area contributed by atoms with Crippen LogP contribution in [0.5, 0.6) is 0 Å². The Bertz CT molecular complexity index is 1460. The summed E-state index contributed by atoms with van der Waals surface area (Å²) in [5.74, 6) is -3.25. The lowest BCUT2D eigenvalue weighted by molar-refractivity contribution is -0.192. The fourth-order valence-electron chi connectivity index (χ4n) is 4.07. The van der Waals surface area contributed by atoms with Crippen LogP contribution in [-0.2, 0) is 20.8 Å². The van der Waals surface area contributed by atoms with Crippen LogP contribution in [0.1, 0.15) is 44.2 Å². The maximum Gasteiger partial charge on any atom is 0.490 e. The third kappa shape index (κ3) is 10.0. The molecule has 3 rings (SSSR count). The van der Waals surface area contributed by atoms with Crippen molar-refractivity contribution in [1.29, 1.82) is 5.26 Å². The number of nitrogens with two attached hydrogens (primary N) is 1. The first kappa shape index (κ1) is 34.1. The molecule has 10 nitrogen and oxygen atoms in total. The second kappa shape index (κ2) is 15.8. The fourth-order valence-corrected chi connectivity index (χ4v) is 4.07. The molecule has 2 aromatic rings. The Morgan fingerprint density at radius 3 is 2.33 bits per heavy atom. The molecule has 2 aromatic carbocycles. The highest BCUT2D eigenvalue weighted by atomic mass is 19.4. The second-order valence-electron chi connectivity index (χ2n) is 9.39. The van der Waals surface area contributed by atoms with Gasteiger partial charge in [-0.15, -0.1) is 0 Å². The molecule has 0 saturated heterocycles. The highest BCUT2D eigenvalue weighted by Crippen LogP contribution is 2.25. The van der Waals surface area contributed by atoms with E-state index >= 15 is 0 Å². The Morgan fingerprint density at radius 1 is 1.14 bits per heavy atom. The van der Waals surface area contributed by atoms with E-state index in [1.54, 1.807) is 19.9 Å². The summed E-state index contributed by atoms with van der Waals surface area (Å²) in [5.41, 5.74) is 11.9. The van der Waals surface area contributed by atoms with Gasteiger partial charge in [0.15, 0.2) is 0 Å². The van der Waals surface area contributed by atoms with Gasteiger partial charge in [-0.25, -0.2) is 4.79 Å². The van der Waals surface area contributed by atoms with Crippen LogP contribution < -0.4 is 16.4 Å². The van der Waals surface area contributed by atoms with Crippen molar-refractivity contribution in [1.82, 2.24) is 10.6 Å². The van der Waals surface area contributed by atoms with Gasteiger partial charge in [-0.3, -0.25) is 9.59 Å². The highest BCUT2D eigenvalue weighted by Gasteiger charge is 2.38. The Hall–Kier alpha value is -5.12. The number of nitrogens with one attached hydrogen (secondary N) is 2. The van der Waals surface area contributed by atoms with E-state index in [-0.39, 0.29) is 24.7 Å². The molecule has 2 amide bonds. The number of carbonyl (C=O) groups excluding carboxylic acids is 2. The molecular formula is C30H32F3N5O5. The number of carbonyl (C=O) groups is 3. The van der Waals surface area contributed by atoms with Gasteiger partial charge in [-0.2, -0.15) is 18.4 Å². The van der Waals surface area contributed by atoms with Crippen LogP contribution >= 0.6 is 0 Å². The number of hydrogen-bond acceptors (Lipinski definition) is 7. The van der Waals surface area contributed by atoms with Gasteiger partial charge in [0.05, 0.1) is 17.3 Å². The van der Waals surface area contributed by atoms with E-state index in [9.17, 15) is 28.0 Å². The van der Waals surface area contributed by atoms with Crippen molar-refractivity contribution in [2.45, 2.75) is 51.7 Å². The van der Waals surface area contributed by atoms with Crippen molar-refractivity contribution in [3.63, 3.8) is 0 Å². The van der Waals surface area contributed by atoms with Gasteiger partial charge < -0.3 is 26.7 Å². The van der Waals surface area contributed by atoms with Crippen LogP contribution in [0.15, 0.2) is 76.6 Å². The minimum atomic E-state index is -5.08. The number of benzene rings is 2. The Labute approximate surface area is 246 Å². The molecule has 1 aliphatic rings. The number of carboxylic acid groups (broad SMARTS) is 1. The van der Waals surface area contributed by atoms with Gasteiger partial charge in [0.2, 0.25) is 11.8 Å². The molecule has 0 spiro atoms. The molecule has 0 saturated carbocycles. The number of hydrogen-bond donors (Lipinski definition) is 5. The van der Waals surface area contributed by atoms with Crippen molar-refractivity contribution in [3.05, 3.63) is 82.6 Å². The summed E-state index contributed by atoms with van der Waals surface area (Å²) < 4.78 is 31.7. The SMILES string of the molecule is CCC(=O)N[C@@H](CC1=CCC(=NO)C(N)=C1C)C(=O)NCCc1ccc(-c2ccccc2C#N)cc1.O=C(O)C(F)(F)F. The predicted molar refractivity (Wildman–Crippen MR) is 153 cm³/mol. The maximum atomic E-state index is 13.0. The van der Waals surface area contributed by atoms with Gasteiger partial charge >= 0.3 is 12.1 Å². The van der Waals surface area contributed by atoms with E-state index in [0.717, 1.165) is 27.8 Å². The summed E-state index contributed by atoms with van der Waals surface area (Å²) in [5, 5.41) is 34.5. The Kier molecular flexibility index (Phi) is 12.5. The van der Waals surface area contributed by atoms with Crippen molar-refractivity contribution in [3.8, 4) is 17.2 Å². The van der Waals surface area contributed by atoms with Crippen molar-refractivity contribution >= 4 is 23.5 Å². The Morgan fingerprint density at radius 2 is 1.77 bits per heavy atom. The number of nitriles is 1. The maximum absolute atomic E-state index is 13.0. The zero-order valence-electron chi connectivity index (χ0n) is 23.5. The minimum Gasteiger partial charge on any atom is -0.475 e. The number of amides is 2. The monoisotopic (exact) mass is 599 g/mol. The van der Waals surface area contributed by atoms with E-state index in [2.05, 4.69) is 21.9 Å². The van der Waals surface area contributed by atoms with Gasteiger partial charge in [-0.1, -0.05) is 60.6 Å². The normalized spacial score (nSPS) is 14.5. The zero-order chi connectivity index (χ0) is 32.2. The molecule has 0 unspecified atom stereocenters.